The first-order valence-corrected chi connectivity index (χ1v) is 6.96. The van der Waals surface area contributed by atoms with Crippen LogP contribution in [0.4, 0.5) is 0 Å². The first-order valence-electron chi connectivity index (χ1n) is 6.96. The van der Waals surface area contributed by atoms with E-state index < -0.39 is 0 Å². The number of carbonyl (C=O) groups is 1. The third-order valence-corrected chi connectivity index (χ3v) is 3.48. The molecule has 0 saturated heterocycles. The lowest BCUT2D eigenvalue weighted by Crippen LogP contribution is -2.39. The molecule has 3 rings (SSSR count). The van der Waals surface area contributed by atoms with E-state index >= 15 is 0 Å². The van der Waals surface area contributed by atoms with Crippen LogP contribution in [0, 0.1) is 0 Å². The Kier molecular flexibility index (Phi) is 3.40. The minimum absolute atomic E-state index is 0.0921. The van der Waals surface area contributed by atoms with Crippen LogP contribution in [0.1, 0.15) is 20.3 Å². The molecule has 2 heterocycles. The summed E-state index contributed by atoms with van der Waals surface area (Å²) in [5.74, 6) is -0.188. The quantitative estimate of drug-likeness (QED) is 0.804. The fourth-order valence-corrected chi connectivity index (χ4v) is 2.60. The Morgan fingerprint density at radius 2 is 2.20 bits per heavy atom. The number of ether oxygens (including phenoxy) is 1. The van der Waals surface area contributed by atoms with E-state index in [1.165, 1.54) is 0 Å². The molecule has 1 unspecified atom stereocenters. The maximum atomic E-state index is 12.1. The number of benzene rings is 1. The molecule has 0 spiro atoms. The molecular formula is C16H18N2O2. The van der Waals surface area contributed by atoms with E-state index in [9.17, 15) is 4.79 Å². The SMILES string of the molecule is CC(C)OC(=O)C1CC2=c3ccccc3=NC2=CCN1. The normalized spacial score (nSPS) is 20.6. The van der Waals surface area contributed by atoms with Gasteiger partial charge in [0.1, 0.15) is 6.04 Å². The van der Waals surface area contributed by atoms with Crippen LogP contribution in [-0.2, 0) is 9.53 Å². The predicted octanol–water partition coefficient (Wildman–Crippen LogP) is 0.668. The number of esters is 1. The Labute approximate surface area is 117 Å². The van der Waals surface area contributed by atoms with Gasteiger partial charge in [0.25, 0.3) is 0 Å². The molecule has 0 radical (unpaired) electrons. The molecule has 1 aromatic carbocycles. The summed E-state index contributed by atoms with van der Waals surface area (Å²) < 4.78 is 5.31. The molecule has 4 nitrogen and oxygen atoms in total. The van der Waals surface area contributed by atoms with Crippen molar-refractivity contribution in [2.45, 2.75) is 32.4 Å². The van der Waals surface area contributed by atoms with Gasteiger partial charge in [-0.15, -0.1) is 0 Å². The zero-order valence-corrected chi connectivity index (χ0v) is 11.7. The van der Waals surface area contributed by atoms with Crippen LogP contribution < -0.4 is 15.9 Å². The highest BCUT2D eigenvalue weighted by Crippen LogP contribution is 2.22. The molecule has 1 atom stereocenters. The minimum Gasteiger partial charge on any atom is -0.462 e. The molecule has 0 saturated carbocycles. The van der Waals surface area contributed by atoms with Crippen LogP contribution >= 0.6 is 0 Å². The van der Waals surface area contributed by atoms with Gasteiger partial charge in [-0.1, -0.05) is 18.2 Å². The lowest BCUT2D eigenvalue weighted by molar-refractivity contribution is -0.149. The van der Waals surface area contributed by atoms with Crippen LogP contribution in [-0.4, -0.2) is 24.7 Å². The first-order chi connectivity index (χ1) is 9.65. The van der Waals surface area contributed by atoms with Crippen molar-refractivity contribution in [3.05, 3.63) is 46.6 Å². The number of hydrogen-bond acceptors (Lipinski definition) is 4. The maximum Gasteiger partial charge on any atom is 0.323 e. The van der Waals surface area contributed by atoms with Gasteiger partial charge in [-0.25, -0.2) is 4.99 Å². The van der Waals surface area contributed by atoms with Gasteiger partial charge < -0.3 is 10.1 Å². The van der Waals surface area contributed by atoms with Crippen LogP contribution in [0.2, 0.25) is 0 Å². The summed E-state index contributed by atoms with van der Waals surface area (Å²) in [6, 6.07) is 7.75. The van der Waals surface area contributed by atoms with E-state index in [0.29, 0.717) is 13.0 Å². The highest BCUT2D eigenvalue weighted by Gasteiger charge is 2.26. The number of para-hydroxylation sites is 1. The van der Waals surface area contributed by atoms with Crippen LogP contribution in [0.3, 0.4) is 0 Å². The summed E-state index contributed by atoms with van der Waals surface area (Å²) in [7, 11) is 0. The van der Waals surface area contributed by atoms with E-state index in [4.69, 9.17) is 4.74 Å². The number of rotatable bonds is 2. The van der Waals surface area contributed by atoms with Crippen molar-refractivity contribution in [3.8, 4) is 0 Å². The number of nitrogens with zero attached hydrogens (tertiary/aromatic N) is 1. The number of hydrogen-bond donors (Lipinski definition) is 1. The molecule has 104 valence electrons. The Morgan fingerprint density at radius 3 is 3.00 bits per heavy atom. The molecule has 0 aliphatic carbocycles. The van der Waals surface area contributed by atoms with E-state index in [2.05, 4.69) is 16.4 Å². The molecule has 1 aromatic rings. The second-order valence-corrected chi connectivity index (χ2v) is 5.35. The Morgan fingerprint density at radius 1 is 1.40 bits per heavy atom. The summed E-state index contributed by atoms with van der Waals surface area (Å²) in [6.45, 7) is 4.37. The van der Waals surface area contributed by atoms with Gasteiger partial charge in [0.05, 0.1) is 17.2 Å². The van der Waals surface area contributed by atoms with Gasteiger partial charge >= 0.3 is 5.97 Å². The first kappa shape index (κ1) is 13.1. The molecule has 4 heteroatoms. The number of fused-ring (bicyclic) bond motifs is 2. The molecule has 1 N–H and O–H groups in total. The van der Waals surface area contributed by atoms with Gasteiger partial charge in [0, 0.05) is 18.2 Å². The second kappa shape index (κ2) is 5.21. The summed E-state index contributed by atoms with van der Waals surface area (Å²) in [4.78, 5) is 16.7. The van der Waals surface area contributed by atoms with Gasteiger partial charge in [0.2, 0.25) is 0 Å². The summed E-state index contributed by atoms with van der Waals surface area (Å²) in [6.07, 6.45) is 2.57. The van der Waals surface area contributed by atoms with Crippen LogP contribution in [0.5, 0.6) is 0 Å². The van der Waals surface area contributed by atoms with Crippen molar-refractivity contribution in [2.75, 3.05) is 6.54 Å². The zero-order chi connectivity index (χ0) is 14.1. The molecule has 2 aliphatic rings. The highest BCUT2D eigenvalue weighted by atomic mass is 16.5. The monoisotopic (exact) mass is 270 g/mol. The number of carbonyl (C=O) groups excluding carboxylic acids is 1. The Hall–Kier alpha value is -1.94. The van der Waals surface area contributed by atoms with Crippen LogP contribution in [0.25, 0.3) is 5.57 Å². The Bertz CT molecular complexity index is 689. The average Bonchev–Trinajstić information content (AvgIpc) is 2.62. The van der Waals surface area contributed by atoms with Gasteiger partial charge in [-0.2, -0.15) is 0 Å². The lowest BCUT2D eigenvalue weighted by Gasteiger charge is -2.17. The molecule has 0 aromatic heterocycles. The standard InChI is InChI=1S/C16H18N2O2/c1-10(2)20-16(19)15-9-12-11-5-3-4-6-13(11)18-14(12)7-8-17-15/h3-7,10,15,17H,8-9H2,1-2H3. The average molecular weight is 270 g/mol. The predicted molar refractivity (Wildman–Crippen MR) is 76.3 cm³/mol. The zero-order valence-electron chi connectivity index (χ0n) is 11.7. The fraction of sp³-hybridized carbons (Fsp3) is 0.375. The van der Waals surface area contributed by atoms with Crippen molar-refractivity contribution in [2.24, 2.45) is 4.99 Å². The Balaban J connectivity index is 1.95. The van der Waals surface area contributed by atoms with Gasteiger partial charge in [-0.05, 0) is 31.6 Å². The van der Waals surface area contributed by atoms with Gasteiger partial charge in [-0.3, -0.25) is 4.79 Å². The summed E-state index contributed by atoms with van der Waals surface area (Å²) in [5.41, 5.74) is 2.12. The number of allylic oxidation sites excluding steroid dienone is 1. The molecule has 20 heavy (non-hydrogen) atoms. The minimum atomic E-state index is -0.303. The second-order valence-electron chi connectivity index (χ2n) is 5.35. The van der Waals surface area contributed by atoms with Gasteiger partial charge in [0.15, 0.2) is 0 Å². The van der Waals surface area contributed by atoms with Crippen molar-refractivity contribution in [3.63, 3.8) is 0 Å². The summed E-state index contributed by atoms with van der Waals surface area (Å²) in [5, 5.41) is 5.34. The topological polar surface area (TPSA) is 50.7 Å². The smallest absolute Gasteiger partial charge is 0.323 e. The fourth-order valence-electron chi connectivity index (χ4n) is 2.60. The third-order valence-electron chi connectivity index (χ3n) is 3.48. The third kappa shape index (κ3) is 2.39. The maximum absolute atomic E-state index is 12.1. The number of nitrogens with one attached hydrogen (secondary N) is 1. The van der Waals surface area contributed by atoms with E-state index in [1.807, 2.05) is 38.1 Å². The van der Waals surface area contributed by atoms with Crippen molar-refractivity contribution < 1.29 is 9.53 Å². The van der Waals surface area contributed by atoms with Crippen molar-refractivity contribution in [1.82, 2.24) is 5.32 Å². The molecule has 2 aliphatic heterocycles. The molecule has 0 bridgehead atoms. The summed E-state index contributed by atoms with van der Waals surface area (Å²) >= 11 is 0. The van der Waals surface area contributed by atoms with Crippen LogP contribution in [0.15, 0.2) is 41.0 Å². The van der Waals surface area contributed by atoms with E-state index in [-0.39, 0.29) is 18.1 Å². The van der Waals surface area contributed by atoms with E-state index in [1.54, 1.807) is 0 Å². The largest absolute Gasteiger partial charge is 0.462 e. The van der Waals surface area contributed by atoms with Crippen molar-refractivity contribution in [1.29, 1.82) is 0 Å². The highest BCUT2D eigenvalue weighted by molar-refractivity contribution is 5.80. The molecule has 0 amide bonds. The lowest BCUT2D eigenvalue weighted by atomic mass is 10.0. The molecular weight excluding hydrogens is 252 g/mol. The van der Waals surface area contributed by atoms with E-state index in [0.717, 1.165) is 21.8 Å². The van der Waals surface area contributed by atoms with Crippen molar-refractivity contribution >= 4 is 11.5 Å². The molecule has 0 fully saturated rings.